The molecule has 3 aromatic heterocycles. The second-order valence-corrected chi connectivity index (χ2v) is 13.7. The van der Waals surface area contributed by atoms with Gasteiger partial charge in [0.25, 0.3) is 0 Å². The molecule has 0 atom stereocenters. The third-order valence-electron chi connectivity index (χ3n) is 10.6. The van der Waals surface area contributed by atoms with E-state index in [1.165, 1.54) is 43.6 Å². The van der Waals surface area contributed by atoms with E-state index in [9.17, 15) is 0 Å². The molecule has 0 aliphatic rings. The zero-order valence-electron chi connectivity index (χ0n) is 29.1. The Hall–Kier alpha value is -7.37. The second-order valence-electron chi connectivity index (χ2n) is 13.7. The van der Waals surface area contributed by atoms with Gasteiger partial charge in [-0.25, -0.2) is 4.98 Å². The molecule has 0 fully saturated rings. The summed E-state index contributed by atoms with van der Waals surface area (Å²) in [6, 6.07) is 66.2. The Balaban J connectivity index is 1.23. The summed E-state index contributed by atoms with van der Waals surface area (Å²) in [4.78, 5) is 15.3. The maximum Gasteiger partial charge on any atom is 0.238 e. The van der Waals surface area contributed by atoms with Gasteiger partial charge in [0.2, 0.25) is 5.95 Å². The largest absolute Gasteiger partial charge is 0.309 e. The van der Waals surface area contributed by atoms with Crippen molar-refractivity contribution in [1.29, 1.82) is 0 Å². The van der Waals surface area contributed by atoms with Gasteiger partial charge >= 0.3 is 0 Å². The molecular formula is C49H31N5. The predicted octanol–water partition coefficient (Wildman–Crippen LogP) is 12.2. The van der Waals surface area contributed by atoms with Crippen molar-refractivity contribution in [2.45, 2.75) is 0 Å². The van der Waals surface area contributed by atoms with Crippen molar-refractivity contribution in [3.63, 3.8) is 0 Å². The van der Waals surface area contributed by atoms with E-state index in [2.05, 4.69) is 161 Å². The van der Waals surface area contributed by atoms with Gasteiger partial charge in [-0.1, -0.05) is 158 Å². The first-order valence-electron chi connectivity index (χ1n) is 18.2. The van der Waals surface area contributed by atoms with Crippen molar-refractivity contribution >= 4 is 54.4 Å². The third-order valence-corrected chi connectivity index (χ3v) is 10.6. The first kappa shape index (κ1) is 30.3. The van der Waals surface area contributed by atoms with Crippen LogP contribution in [0.15, 0.2) is 188 Å². The molecule has 0 bridgehead atoms. The van der Waals surface area contributed by atoms with E-state index in [4.69, 9.17) is 15.0 Å². The SMILES string of the molecule is c1ccc(-c2ccc(-n3c4ccc5c(c6ccccc6n5-c5nc(-c6ccccc6)nc(-c6ccccc6)n5)c4c4ccc5ccccc5c43)cc2)cc1. The van der Waals surface area contributed by atoms with Crippen LogP contribution in [0.4, 0.5) is 0 Å². The normalized spacial score (nSPS) is 11.7. The van der Waals surface area contributed by atoms with E-state index >= 15 is 0 Å². The molecule has 0 spiro atoms. The molecule has 0 saturated heterocycles. The minimum atomic E-state index is 0.582. The summed E-state index contributed by atoms with van der Waals surface area (Å²) in [5, 5.41) is 7.15. The van der Waals surface area contributed by atoms with Gasteiger partial charge in [-0.2, -0.15) is 9.97 Å². The lowest BCUT2D eigenvalue weighted by Crippen LogP contribution is -2.06. The van der Waals surface area contributed by atoms with Crippen LogP contribution in [0.3, 0.4) is 0 Å². The Morgan fingerprint density at radius 1 is 0.315 bits per heavy atom. The maximum atomic E-state index is 5.18. The fourth-order valence-electron chi connectivity index (χ4n) is 8.14. The smallest absolute Gasteiger partial charge is 0.238 e. The molecule has 0 N–H and O–H groups in total. The molecule has 11 rings (SSSR count). The molecule has 54 heavy (non-hydrogen) atoms. The molecule has 3 heterocycles. The van der Waals surface area contributed by atoms with Gasteiger partial charge < -0.3 is 4.57 Å². The van der Waals surface area contributed by atoms with Crippen LogP contribution in [0.25, 0.3) is 99.9 Å². The number of aromatic nitrogens is 5. The Bertz CT molecular complexity index is 3120. The van der Waals surface area contributed by atoms with E-state index in [0.29, 0.717) is 17.6 Å². The van der Waals surface area contributed by atoms with E-state index in [-0.39, 0.29) is 0 Å². The summed E-state index contributed by atoms with van der Waals surface area (Å²) in [5.74, 6) is 1.85. The van der Waals surface area contributed by atoms with Crippen molar-refractivity contribution in [3.8, 4) is 45.5 Å². The fourth-order valence-corrected chi connectivity index (χ4v) is 8.14. The highest BCUT2D eigenvalue weighted by Crippen LogP contribution is 2.44. The van der Waals surface area contributed by atoms with Crippen LogP contribution in [-0.2, 0) is 0 Å². The lowest BCUT2D eigenvalue weighted by Gasteiger charge is -2.12. The number of benzene rings is 8. The summed E-state index contributed by atoms with van der Waals surface area (Å²) < 4.78 is 4.65. The van der Waals surface area contributed by atoms with Crippen LogP contribution in [0, 0.1) is 0 Å². The molecule has 0 aliphatic heterocycles. The van der Waals surface area contributed by atoms with Gasteiger partial charge in [-0.15, -0.1) is 0 Å². The van der Waals surface area contributed by atoms with Gasteiger partial charge in [0.05, 0.1) is 22.1 Å². The highest BCUT2D eigenvalue weighted by atomic mass is 15.2. The lowest BCUT2D eigenvalue weighted by atomic mass is 10.0. The zero-order valence-corrected chi connectivity index (χ0v) is 29.1. The summed E-state index contributed by atoms with van der Waals surface area (Å²) in [6.45, 7) is 0. The van der Waals surface area contributed by atoms with Crippen LogP contribution >= 0.6 is 0 Å². The van der Waals surface area contributed by atoms with Gasteiger partial charge in [-0.3, -0.25) is 4.57 Å². The fraction of sp³-hybridized carbons (Fsp3) is 0. The zero-order chi connectivity index (χ0) is 35.6. The average Bonchev–Trinajstić information content (AvgIpc) is 3.78. The van der Waals surface area contributed by atoms with Gasteiger partial charge in [-0.05, 0) is 46.8 Å². The summed E-state index contributed by atoms with van der Waals surface area (Å²) in [7, 11) is 0. The summed E-state index contributed by atoms with van der Waals surface area (Å²) in [5.41, 5.74) is 9.81. The van der Waals surface area contributed by atoms with E-state index in [1.54, 1.807) is 0 Å². The monoisotopic (exact) mass is 689 g/mol. The topological polar surface area (TPSA) is 48.5 Å². The van der Waals surface area contributed by atoms with Crippen LogP contribution in [0.5, 0.6) is 0 Å². The molecule has 8 aromatic carbocycles. The number of hydrogen-bond donors (Lipinski definition) is 0. The maximum absolute atomic E-state index is 5.18. The quantitative estimate of drug-likeness (QED) is 0.181. The minimum Gasteiger partial charge on any atom is -0.309 e. The van der Waals surface area contributed by atoms with Crippen molar-refractivity contribution in [2.75, 3.05) is 0 Å². The number of nitrogens with zero attached hydrogens (tertiary/aromatic N) is 5. The lowest BCUT2D eigenvalue weighted by molar-refractivity contribution is 0.953. The second kappa shape index (κ2) is 12.1. The van der Waals surface area contributed by atoms with Crippen LogP contribution in [0.1, 0.15) is 0 Å². The van der Waals surface area contributed by atoms with Crippen LogP contribution < -0.4 is 0 Å². The van der Waals surface area contributed by atoms with Gasteiger partial charge in [0.15, 0.2) is 11.6 Å². The summed E-state index contributed by atoms with van der Waals surface area (Å²) in [6.07, 6.45) is 0. The van der Waals surface area contributed by atoms with E-state index < -0.39 is 0 Å². The highest BCUT2D eigenvalue weighted by Gasteiger charge is 2.23. The van der Waals surface area contributed by atoms with Crippen LogP contribution in [-0.4, -0.2) is 24.1 Å². The van der Waals surface area contributed by atoms with Crippen molar-refractivity contribution in [2.24, 2.45) is 0 Å². The molecule has 0 unspecified atom stereocenters. The van der Waals surface area contributed by atoms with E-state index in [1.807, 2.05) is 36.4 Å². The Morgan fingerprint density at radius 3 is 1.50 bits per heavy atom. The van der Waals surface area contributed by atoms with Crippen LogP contribution in [0.2, 0.25) is 0 Å². The molecule has 0 radical (unpaired) electrons. The Labute approximate surface area is 311 Å². The van der Waals surface area contributed by atoms with Gasteiger partial charge in [0, 0.05) is 43.7 Å². The third kappa shape index (κ3) is 4.69. The summed E-state index contributed by atoms with van der Waals surface area (Å²) >= 11 is 0. The minimum absolute atomic E-state index is 0.582. The molecule has 0 amide bonds. The first-order chi connectivity index (χ1) is 26.8. The van der Waals surface area contributed by atoms with Crippen molar-refractivity contribution in [1.82, 2.24) is 24.1 Å². The number of rotatable bonds is 5. The average molecular weight is 690 g/mol. The standard InChI is InChI=1S/C49H31N5/c1-4-14-32(15-5-1)33-24-27-37(28-25-33)53-42-30-31-43-44(45(42)40-29-26-34-16-10-11-21-38(34)46(40)53)39-22-12-13-23-41(39)54(43)49-51-47(35-17-6-2-7-18-35)50-48(52-49)36-19-8-3-9-20-36/h1-31H. The van der Waals surface area contributed by atoms with Crippen molar-refractivity contribution in [3.05, 3.63) is 188 Å². The van der Waals surface area contributed by atoms with Gasteiger partial charge in [0.1, 0.15) is 0 Å². The number of hydrogen-bond acceptors (Lipinski definition) is 3. The molecule has 11 aromatic rings. The van der Waals surface area contributed by atoms with Crippen molar-refractivity contribution < 1.29 is 0 Å². The highest BCUT2D eigenvalue weighted by molar-refractivity contribution is 6.31. The number of fused-ring (bicyclic) bond motifs is 9. The predicted molar refractivity (Wildman–Crippen MR) is 222 cm³/mol. The molecule has 0 saturated carbocycles. The Kier molecular flexibility index (Phi) is 6.79. The first-order valence-corrected chi connectivity index (χ1v) is 18.2. The van der Waals surface area contributed by atoms with E-state index in [0.717, 1.165) is 38.8 Å². The number of para-hydroxylation sites is 1. The molecule has 5 nitrogen and oxygen atoms in total. The molecule has 252 valence electrons. The Morgan fingerprint density at radius 2 is 0.833 bits per heavy atom. The molecule has 0 aliphatic carbocycles. The molecular weight excluding hydrogens is 659 g/mol. The molecule has 5 heteroatoms.